The van der Waals surface area contributed by atoms with Gasteiger partial charge in [-0.3, -0.25) is 4.79 Å². The van der Waals surface area contributed by atoms with E-state index in [2.05, 4.69) is 6.07 Å². The zero-order chi connectivity index (χ0) is 13.9. The van der Waals surface area contributed by atoms with E-state index in [1.165, 1.54) is 0 Å². The molecule has 0 unspecified atom stereocenters. The van der Waals surface area contributed by atoms with Crippen LogP contribution in [0.3, 0.4) is 0 Å². The molecule has 2 nitrogen and oxygen atoms in total. The van der Waals surface area contributed by atoms with Gasteiger partial charge in [-0.1, -0.05) is 41.9 Å². The molecule has 0 N–H and O–H groups in total. The number of fused-ring (bicyclic) bond motifs is 1. The minimum absolute atomic E-state index is 0.387. The number of aldehydes is 1. The van der Waals surface area contributed by atoms with Crippen molar-refractivity contribution in [2.45, 2.75) is 0 Å². The maximum absolute atomic E-state index is 10.7. The number of hydrogen-bond acceptors (Lipinski definition) is 2. The van der Waals surface area contributed by atoms with Crippen LogP contribution in [0.5, 0.6) is 11.5 Å². The Bertz CT molecular complexity index is 781. The van der Waals surface area contributed by atoms with Crippen molar-refractivity contribution >= 4 is 28.7 Å². The first kappa shape index (κ1) is 12.7. The minimum atomic E-state index is 0.387. The summed E-state index contributed by atoms with van der Waals surface area (Å²) in [6.45, 7) is 0. The number of hydrogen-bond donors (Lipinski definition) is 0. The Morgan fingerprint density at radius 2 is 1.55 bits per heavy atom. The summed E-state index contributed by atoms with van der Waals surface area (Å²) in [6.07, 6.45) is 0.724. The van der Waals surface area contributed by atoms with E-state index in [4.69, 9.17) is 16.3 Å². The summed E-state index contributed by atoms with van der Waals surface area (Å²) in [5.74, 6) is 1.34. The molecule has 0 amide bonds. The summed E-state index contributed by atoms with van der Waals surface area (Å²) in [6, 6.07) is 19.0. The molecule has 0 fully saturated rings. The molecule has 20 heavy (non-hydrogen) atoms. The molecule has 3 heteroatoms. The number of ether oxygens (including phenoxy) is 1. The quantitative estimate of drug-likeness (QED) is 0.625. The third kappa shape index (κ3) is 2.51. The first-order chi connectivity index (χ1) is 9.76. The summed E-state index contributed by atoms with van der Waals surface area (Å²) in [7, 11) is 0. The fraction of sp³-hybridized carbons (Fsp3) is 0. The van der Waals surface area contributed by atoms with E-state index in [0.29, 0.717) is 16.3 Å². The lowest BCUT2D eigenvalue weighted by Gasteiger charge is -2.08. The number of halogens is 1. The molecule has 0 bridgehead atoms. The van der Waals surface area contributed by atoms with E-state index >= 15 is 0 Å². The molecule has 0 aliphatic heterocycles. The average molecular weight is 283 g/mol. The third-order valence-electron chi connectivity index (χ3n) is 3.06. The molecule has 3 aromatic rings. The second kappa shape index (κ2) is 5.35. The Balaban J connectivity index is 1.92. The van der Waals surface area contributed by atoms with Gasteiger partial charge in [0.1, 0.15) is 11.5 Å². The molecule has 0 atom stereocenters. The molecule has 0 spiro atoms. The lowest BCUT2D eigenvalue weighted by atomic mass is 10.1. The normalized spacial score (nSPS) is 10.4. The highest BCUT2D eigenvalue weighted by atomic mass is 35.5. The van der Waals surface area contributed by atoms with Gasteiger partial charge in [-0.2, -0.15) is 0 Å². The maximum Gasteiger partial charge on any atom is 0.151 e. The molecule has 0 saturated carbocycles. The van der Waals surface area contributed by atoms with Gasteiger partial charge < -0.3 is 4.74 Å². The Kier molecular flexibility index (Phi) is 3.40. The van der Waals surface area contributed by atoms with E-state index in [-0.39, 0.29) is 0 Å². The third-order valence-corrected chi connectivity index (χ3v) is 3.38. The van der Waals surface area contributed by atoms with Gasteiger partial charge in [0.25, 0.3) is 0 Å². The maximum atomic E-state index is 10.7. The van der Waals surface area contributed by atoms with Gasteiger partial charge in [0.05, 0.1) is 5.02 Å². The standard InChI is InChI=1S/C17H11ClO2/c18-17-10-16(8-6-14(17)11-19)20-15-7-5-12-3-1-2-4-13(12)9-15/h1-11H. The van der Waals surface area contributed by atoms with Crippen LogP contribution in [0.4, 0.5) is 0 Å². The van der Waals surface area contributed by atoms with Crippen LogP contribution in [0.2, 0.25) is 5.02 Å². The predicted octanol–water partition coefficient (Wildman–Crippen LogP) is 5.10. The largest absolute Gasteiger partial charge is 0.457 e. The Labute approximate surface area is 121 Å². The van der Waals surface area contributed by atoms with Crippen LogP contribution in [-0.4, -0.2) is 6.29 Å². The fourth-order valence-corrected chi connectivity index (χ4v) is 2.25. The number of carbonyl (C=O) groups excluding carboxylic acids is 1. The van der Waals surface area contributed by atoms with Gasteiger partial charge in [-0.05, 0) is 35.0 Å². The molecule has 0 aliphatic carbocycles. The first-order valence-corrected chi connectivity index (χ1v) is 6.55. The Morgan fingerprint density at radius 1 is 0.850 bits per heavy atom. The summed E-state index contributed by atoms with van der Waals surface area (Å²) in [5.41, 5.74) is 0.456. The van der Waals surface area contributed by atoms with Crippen LogP contribution in [0.1, 0.15) is 10.4 Å². The molecule has 3 aromatic carbocycles. The zero-order valence-electron chi connectivity index (χ0n) is 10.5. The van der Waals surface area contributed by atoms with Crippen molar-refractivity contribution in [1.29, 1.82) is 0 Å². The fourth-order valence-electron chi connectivity index (χ4n) is 2.03. The summed E-state index contributed by atoms with van der Waals surface area (Å²) in [5, 5.41) is 2.66. The van der Waals surface area contributed by atoms with Gasteiger partial charge in [0, 0.05) is 11.6 Å². The number of carbonyl (C=O) groups is 1. The molecule has 0 heterocycles. The minimum Gasteiger partial charge on any atom is -0.457 e. The monoisotopic (exact) mass is 282 g/mol. The lowest BCUT2D eigenvalue weighted by Crippen LogP contribution is -1.87. The molecular weight excluding hydrogens is 272 g/mol. The van der Waals surface area contributed by atoms with Gasteiger partial charge in [-0.15, -0.1) is 0 Å². The van der Waals surface area contributed by atoms with Crippen molar-refractivity contribution < 1.29 is 9.53 Å². The van der Waals surface area contributed by atoms with E-state index in [0.717, 1.165) is 22.8 Å². The molecule has 3 rings (SSSR count). The second-order valence-corrected chi connectivity index (χ2v) is 4.82. The van der Waals surface area contributed by atoms with Crippen molar-refractivity contribution in [2.75, 3.05) is 0 Å². The Hall–Kier alpha value is -2.32. The summed E-state index contributed by atoms with van der Waals surface area (Å²) < 4.78 is 5.77. The van der Waals surface area contributed by atoms with Crippen LogP contribution in [-0.2, 0) is 0 Å². The summed E-state index contributed by atoms with van der Waals surface area (Å²) in [4.78, 5) is 10.7. The molecule has 0 aliphatic rings. The second-order valence-electron chi connectivity index (χ2n) is 4.41. The van der Waals surface area contributed by atoms with E-state index < -0.39 is 0 Å². The number of rotatable bonds is 3. The van der Waals surface area contributed by atoms with E-state index in [1.54, 1.807) is 18.2 Å². The van der Waals surface area contributed by atoms with Crippen molar-refractivity contribution in [3.8, 4) is 11.5 Å². The first-order valence-electron chi connectivity index (χ1n) is 6.18. The highest BCUT2D eigenvalue weighted by molar-refractivity contribution is 6.33. The number of benzene rings is 3. The Morgan fingerprint density at radius 3 is 2.30 bits per heavy atom. The summed E-state index contributed by atoms with van der Waals surface area (Å²) >= 11 is 5.98. The van der Waals surface area contributed by atoms with Crippen LogP contribution in [0, 0.1) is 0 Å². The highest BCUT2D eigenvalue weighted by Gasteiger charge is 2.03. The molecule has 98 valence electrons. The topological polar surface area (TPSA) is 26.3 Å². The predicted molar refractivity (Wildman–Crippen MR) is 80.9 cm³/mol. The van der Waals surface area contributed by atoms with Crippen LogP contribution in [0.15, 0.2) is 60.7 Å². The smallest absolute Gasteiger partial charge is 0.151 e. The molecule has 0 radical (unpaired) electrons. The SMILES string of the molecule is O=Cc1ccc(Oc2ccc3ccccc3c2)cc1Cl. The van der Waals surface area contributed by atoms with Gasteiger partial charge in [0.15, 0.2) is 6.29 Å². The van der Waals surface area contributed by atoms with Crippen LogP contribution < -0.4 is 4.74 Å². The van der Waals surface area contributed by atoms with Crippen molar-refractivity contribution in [1.82, 2.24) is 0 Å². The van der Waals surface area contributed by atoms with Gasteiger partial charge in [-0.25, -0.2) is 0 Å². The van der Waals surface area contributed by atoms with Crippen molar-refractivity contribution in [3.05, 3.63) is 71.2 Å². The average Bonchev–Trinajstić information content (AvgIpc) is 2.47. The van der Waals surface area contributed by atoms with Crippen molar-refractivity contribution in [3.63, 3.8) is 0 Å². The van der Waals surface area contributed by atoms with Crippen LogP contribution in [0.25, 0.3) is 10.8 Å². The van der Waals surface area contributed by atoms with Gasteiger partial charge >= 0.3 is 0 Å². The molecule has 0 aromatic heterocycles. The van der Waals surface area contributed by atoms with Crippen molar-refractivity contribution in [2.24, 2.45) is 0 Å². The van der Waals surface area contributed by atoms with E-state index in [9.17, 15) is 4.79 Å². The molecular formula is C17H11ClO2. The van der Waals surface area contributed by atoms with Gasteiger partial charge in [0.2, 0.25) is 0 Å². The highest BCUT2D eigenvalue weighted by Crippen LogP contribution is 2.28. The van der Waals surface area contributed by atoms with E-state index in [1.807, 2.05) is 36.4 Å². The lowest BCUT2D eigenvalue weighted by molar-refractivity contribution is 0.112. The van der Waals surface area contributed by atoms with Crippen LogP contribution >= 0.6 is 11.6 Å². The zero-order valence-corrected chi connectivity index (χ0v) is 11.3. The molecule has 0 saturated heterocycles.